The van der Waals surface area contributed by atoms with E-state index in [2.05, 4.69) is 23.3 Å². The summed E-state index contributed by atoms with van der Waals surface area (Å²) < 4.78 is 5.52. The van der Waals surface area contributed by atoms with Crippen LogP contribution < -0.4 is 0 Å². The molecule has 0 unspecified atom stereocenters. The molecule has 130 valence electrons. The average Bonchev–Trinajstić information content (AvgIpc) is 2.87. The number of hydrogen-bond acceptors (Lipinski definition) is 3. The lowest BCUT2D eigenvalue weighted by atomic mass is 9.77. The van der Waals surface area contributed by atoms with Gasteiger partial charge < -0.3 is 9.64 Å². The molecule has 0 aromatic carbocycles. The third-order valence-electron chi connectivity index (χ3n) is 6.26. The first-order valence-corrected chi connectivity index (χ1v) is 9.44. The first-order chi connectivity index (χ1) is 11.2. The minimum atomic E-state index is 0.0590. The van der Waals surface area contributed by atoms with Crippen molar-refractivity contribution >= 4 is 5.91 Å². The van der Waals surface area contributed by atoms with Crippen LogP contribution in [-0.2, 0) is 9.53 Å². The van der Waals surface area contributed by atoms with Gasteiger partial charge in [-0.3, -0.25) is 9.69 Å². The first kappa shape index (κ1) is 17.0. The van der Waals surface area contributed by atoms with Gasteiger partial charge in [0.2, 0.25) is 5.91 Å². The van der Waals surface area contributed by atoms with Gasteiger partial charge in [-0.2, -0.15) is 0 Å². The van der Waals surface area contributed by atoms with Crippen molar-refractivity contribution in [3.63, 3.8) is 0 Å². The van der Waals surface area contributed by atoms with Crippen LogP contribution in [0.15, 0.2) is 12.7 Å². The Labute approximate surface area is 140 Å². The van der Waals surface area contributed by atoms with Crippen LogP contribution in [0, 0.1) is 5.92 Å². The van der Waals surface area contributed by atoms with Gasteiger partial charge in [0, 0.05) is 38.8 Å². The maximum atomic E-state index is 12.4. The molecule has 3 aliphatic heterocycles. The lowest BCUT2D eigenvalue weighted by Gasteiger charge is -2.53. The van der Waals surface area contributed by atoms with Gasteiger partial charge in [0.05, 0.1) is 5.54 Å². The third-order valence-corrected chi connectivity index (χ3v) is 6.26. The molecule has 23 heavy (non-hydrogen) atoms. The Morgan fingerprint density at radius 3 is 2.83 bits per heavy atom. The summed E-state index contributed by atoms with van der Waals surface area (Å²) in [7, 11) is 0. The summed E-state index contributed by atoms with van der Waals surface area (Å²) in [5, 5.41) is 0. The Morgan fingerprint density at radius 1 is 1.35 bits per heavy atom. The number of ether oxygens (including phenoxy) is 1. The molecular weight excluding hydrogens is 288 g/mol. The van der Waals surface area contributed by atoms with Crippen molar-refractivity contribution < 1.29 is 9.53 Å². The molecule has 3 saturated heterocycles. The molecule has 1 spiro atoms. The molecule has 0 bridgehead atoms. The van der Waals surface area contributed by atoms with Gasteiger partial charge in [-0.05, 0) is 51.0 Å². The van der Waals surface area contributed by atoms with E-state index < -0.39 is 0 Å². The summed E-state index contributed by atoms with van der Waals surface area (Å²) in [5.41, 5.74) is 0.0590. The molecule has 3 heterocycles. The summed E-state index contributed by atoms with van der Waals surface area (Å²) in [6.07, 6.45) is 9.53. The fraction of sp³-hybridized carbons (Fsp3) is 0.842. The Kier molecular flexibility index (Phi) is 5.42. The summed E-state index contributed by atoms with van der Waals surface area (Å²) in [6, 6.07) is 0.505. The molecule has 0 saturated carbocycles. The highest BCUT2D eigenvalue weighted by Gasteiger charge is 2.52. The molecule has 4 nitrogen and oxygen atoms in total. The summed E-state index contributed by atoms with van der Waals surface area (Å²) in [5.74, 6) is 1.09. The lowest BCUT2D eigenvalue weighted by molar-refractivity contribution is -0.134. The van der Waals surface area contributed by atoms with Crippen LogP contribution in [0.5, 0.6) is 0 Å². The third kappa shape index (κ3) is 3.20. The Hall–Kier alpha value is -0.870. The zero-order chi connectivity index (χ0) is 16.3. The highest BCUT2D eigenvalue weighted by Crippen LogP contribution is 2.43. The van der Waals surface area contributed by atoms with Crippen LogP contribution >= 0.6 is 0 Å². The largest absolute Gasteiger partial charge is 0.381 e. The molecule has 3 rings (SSSR count). The highest BCUT2D eigenvalue weighted by atomic mass is 16.5. The number of carbonyl (C=O) groups is 1. The van der Waals surface area contributed by atoms with Gasteiger partial charge in [-0.15, -0.1) is 6.58 Å². The van der Waals surface area contributed by atoms with E-state index in [-0.39, 0.29) is 5.54 Å². The molecule has 0 aromatic rings. The monoisotopic (exact) mass is 320 g/mol. The van der Waals surface area contributed by atoms with Crippen molar-refractivity contribution in [3.8, 4) is 0 Å². The van der Waals surface area contributed by atoms with Crippen LogP contribution in [0.3, 0.4) is 0 Å². The summed E-state index contributed by atoms with van der Waals surface area (Å²) in [6.45, 7) is 11.1. The molecular formula is C19H32N2O2. The van der Waals surface area contributed by atoms with Crippen LogP contribution in [0.1, 0.15) is 51.9 Å². The number of carbonyl (C=O) groups excluding carboxylic acids is 1. The van der Waals surface area contributed by atoms with E-state index in [1.807, 2.05) is 6.08 Å². The SMILES string of the molecule is C=CCN1C(=O)CC[C@]12CCCN(CC1CCOCC1)[C@H]2CC. The zero-order valence-corrected chi connectivity index (χ0v) is 14.6. The standard InChI is InChI=1S/C19H32N2O2/c1-3-11-21-18(22)6-10-19(21)9-5-12-20(17(19)4-2)15-16-7-13-23-14-8-16/h3,16-17H,1,4-15H2,2H3/t17-,19-/m0/s1. The number of nitrogens with zero attached hydrogens (tertiary/aromatic N) is 2. The van der Waals surface area contributed by atoms with Gasteiger partial charge in [-0.25, -0.2) is 0 Å². The predicted molar refractivity (Wildman–Crippen MR) is 92.3 cm³/mol. The quantitative estimate of drug-likeness (QED) is 0.730. The molecule has 0 N–H and O–H groups in total. The van der Waals surface area contributed by atoms with Crippen molar-refractivity contribution in [2.24, 2.45) is 5.92 Å². The van der Waals surface area contributed by atoms with E-state index in [1.165, 1.54) is 32.4 Å². The zero-order valence-electron chi connectivity index (χ0n) is 14.6. The predicted octanol–water partition coefficient (Wildman–Crippen LogP) is 2.83. The highest BCUT2D eigenvalue weighted by molar-refractivity contribution is 5.80. The van der Waals surface area contributed by atoms with E-state index in [0.717, 1.165) is 44.8 Å². The van der Waals surface area contributed by atoms with E-state index in [9.17, 15) is 4.79 Å². The van der Waals surface area contributed by atoms with E-state index >= 15 is 0 Å². The first-order valence-electron chi connectivity index (χ1n) is 9.44. The van der Waals surface area contributed by atoms with Crippen LogP contribution in [0.4, 0.5) is 0 Å². The molecule has 4 heteroatoms. The Bertz CT molecular complexity index is 433. The number of rotatable bonds is 5. The molecule has 0 radical (unpaired) electrons. The van der Waals surface area contributed by atoms with Crippen LogP contribution in [0.2, 0.25) is 0 Å². The molecule has 3 fully saturated rings. The average molecular weight is 320 g/mol. The van der Waals surface area contributed by atoms with Crippen molar-refractivity contribution in [1.29, 1.82) is 0 Å². The normalized spacial score (nSPS) is 33.5. The van der Waals surface area contributed by atoms with E-state index in [0.29, 0.717) is 18.5 Å². The molecule has 3 aliphatic rings. The topological polar surface area (TPSA) is 32.8 Å². The van der Waals surface area contributed by atoms with Crippen LogP contribution in [0.25, 0.3) is 0 Å². The van der Waals surface area contributed by atoms with Gasteiger partial charge in [0.25, 0.3) is 0 Å². The Balaban J connectivity index is 1.77. The smallest absolute Gasteiger partial charge is 0.223 e. The lowest BCUT2D eigenvalue weighted by Crippen LogP contribution is -2.63. The molecule has 2 atom stereocenters. The maximum absolute atomic E-state index is 12.4. The fourth-order valence-electron chi connectivity index (χ4n) is 5.23. The minimum absolute atomic E-state index is 0.0590. The van der Waals surface area contributed by atoms with Gasteiger partial charge >= 0.3 is 0 Å². The molecule has 0 aliphatic carbocycles. The second kappa shape index (κ2) is 7.35. The van der Waals surface area contributed by atoms with Crippen molar-refractivity contribution in [2.45, 2.75) is 63.5 Å². The minimum Gasteiger partial charge on any atom is -0.381 e. The van der Waals surface area contributed by atoms with Crippen molar-refractivity contribution in [3.05, 3.63) is 12.7 Å². The van der Waals surface area contributed by atoms with Crippen LogP contribution in [-0.4, -0.2) is 60.1 Å². The summed E-state index contributed by atoms with van der Waals surface area (Å²) in [4.78, 5) is 17.3. The van der Waals surface area contributed by atoms with Gasteiger partial charge in [0.1, 0.15) is 0 Å². The molecule has 0 aromatic heterocycles. The number of hydrogen-bond donors (Lipinski definition) is 0. The number of amides is 1. The fourth-order valence-corrected chi connectivity index (χ4v) is 5.23. The number of likely N-dealkylation sites (tertiary alicyclic amines) is 2. The number of piperidine rings is 1. The van der Waals surface area contributed by atoms with Gasteiger partial charge in [-0.1, -0.05) is 13.0 Å². The maximum Gasteiger partial charge on any atom is 0.223 e. The Morgan fingerprint density at radius 2 is 2.13 bits per heavy atom. The second-order valence-corrected chi connectivity index (χ2v) is 7.47. The molecule has 1 amide bonds. The van der Waals surface area contributed by atoms with Crippen molar-refractivity contribution in [1.82, 2.24) is 9.80 Å². The van der Waals surface area contributed by atoms with E-state index in [1.54, 1.807) is 0 Å². The van der Waals surface area contributed by atoms with Gasteiger partial charge in [0.15, 0.2) is 0 Å². The van der Waals surface area contributed by atoms with Crippen molar-refractivity contribution in [2.75, 3.05) is 32.8 Å². The summed E-state index contributed by atoms with van der Waals surface area (Å²) >= 11 is 0. The van der Waals surface area contributed by atoms with E-state index in [4.69, 9.17) is 4.74 Å². The second-order valence-electron chi connectivity index (χ2n) is 7.47.